The number of benzene rings is 1. The number of hydrogen-bond donors (Lipinski definition) is 3. The summed E-state index contributed by atoms with van der Waals surface area (Å²) < 4.78 is 0.983. The molecule has 18 heavy (non-hydrogen) atoms. The summed E-state index contributed by atoms with van der Waals surface area (Å²) in [6.45, 7) is 0.392. The number of nitrogens with one attached hydrogen (secondary N) is 1. The number of aromatic nitrogens is 1. The Bertz CT molecular complexity index is 565. The highest BCUT2D eigenvalue weighted by atomic mass is 79.9. The summed E-state index contributed by atoms with van der Waals surface area (Å²) in [7, 11) is 0. The van der Waals surface area contributed by atoms with Crippen molar-refractivity contribution in [3.05, 3.63) is 34.4 Å². The van der Waals surface area contributed by atoms with Gasteiger partial charge in [0.2, 0.25) is 0 Å². The monoisotopic (exact) mass is 310 g/mol. The molecule has 0 radical (unpaired) electrons. The van der Waals surface area contributed by atoms with Crippen molar-refractivity contribution in [2.75, 3.05) is 6.54 Å². The number of fused-ring (bicyclic) bond motifs is 1. The first-order valence-corrected chi connectivity index (χ1v) is 6.60. The van der Waals surface area contributed by atoms with Crippen molar-refractivity contribution in [1.29, 1.82) is 0 Å². The molecular formula is C13H15BrN2O2. The molecule has 4 N–H and O–H groups in total. The van der Waals surface area contributed by atoms with Crippen LogP contribution < -0.4 is 5.73 Å². The van der Waals surface area contributed by atoms with Gasteiger partial charge >= 0.3 is 5.97 Å². The van der Waals surface area contributed by atoms with E-state index in [1.54, 1.807) is 0 Å². The number of aromatic amines is 1. The van der Waals surface area contributed by atoms with Gasteiger partial charge in [-0.2, -0.15) is 0 Å². The molecule has 1 aromatic heterocycles. The van der Waals surface area contributed by atoms with Gasteiger partial charge in [-0.25, -0.2) is 0 Å². The maximum absolute atomic E-state index is 11.1. The van der Waals surface area contributed by atoms with Crippen LogP contribution in [-0.4, -0.2) is 22.6 Å². The zero-order valence-corrected chi connectivity index (χ0v) is 11.4. The van der Waals surface area contributed by atoms with E-state index < -0.39 is 11.9 Å². The van der Waals surface area contributed by atoms with Crippen molar-refractivity contribution in [3.8, 4) is 0 Å². The van der Waals surface area contributed by atoms with E-state index in [1.807, 2.05) is 24.4 Å². The van der Waals surface area contributed by atoms with Gasteiger partial charge in [0.15, 0.2) is 0 Å². The second kappa shape index (κ2) is 5.54. The Labute approximate surface area is 113 Å². The lowest BCUT2D eigenvalue weighted by atomic mass is 9.96. The molecule has 1 unspecified atom stereocenters. The molecule has 0 saturated carbocycles. The van der Waals surface area contributed by atoms with Crippen molar-refractivity contribution >= 4 is 32.8 Å². The minimum Gasteiger partial charge on any atom is -0.481 e. The van der Waals surface area contributed by atoms with E-state index in [2.05, 4.69) is 20.9 Å². The molecule has 0 spiro atoms. The fraction of sp³-hybridized carbons (Fsp3) is 0.308. The molecule has 2 aromatic rings. The third-order valence-electron chi connectivity index (χ3n) is 3.08. The topological polar surface area (TPSA) is 79.1 Å². The lowest BCUT2D eigenvalue weighted by Crippen LogP contribution is -2.20. The number of halogens is 1. The molecule has 2 rings (SSSR count). The third-order valence-corrected chi connectivity index (χ3v) is 3.74. The maximum Gasteiger partial charge on any atom is 0.306 e. The van der Waals surface area contributed by atoms with Crippen LogP contribution in [-0.2, 0) is 11.2 Å². The van der Waals surface area contributed by atoms with Crippen LogP contribution in [0.25, 0.3) is 10.9 Å². The average Bonchev–Trinajstić information content (AvgIpc) is 2.73. The lowest BCUT2D eigenvalue weighted by Gasteiger charge is -2.10. The summed E-state index contributed by atoms with van der Waals surface area (Å²) in [6.07, 6.45) is 2.88. The zero-order chi connectivity index (χ0) is 13.1. The molecule has 0 fully saturated rings. The number of H-pyrrole nitrogens is 1. The first kappa shape index (κ1) is 13.1. The van der Waals surface area contributed by atoms with Crippen molar-refractivity contribution in [3.63, 3.8) is 0 Å². The van der Waals surface area contributed by atoms with E-state index in [4.69, 9.17) is 10.8 Å². The Morgan fingerprint density at radius 3 is 2.94 bits per heavy atom. The van der Waals surface area contributed by atoms with Crippen LogP contribution in [0.1, 0.15) is 12.0 Å². The van der Waals surface area contributed by atoms with Gasteiger partial charge in [-0.1, -0.05) is 12.1 Å². The Hall–Kier alpha value is -1.33. The maximum atomic E-state index is 11.1. The number of aliphatic carboxylic acids is 1. The van der Waals surface area contributed by atoms with Gasteiger partial charge in [0.25, 0.3) is 0 Å². The molecule has 1 heterocycles. The molecule has 96 valence electrons. The Morgan fingerprint density at radius 1 is 1.50 bits per heavy atom. The molecule has 0 aliphatic rings. The predicted octanol–water partition coefficient (Wildman–Crippen LogP) is 2.52. The summed E-state index contributed by atoms with van der Waals surface area (Å²) in [6, 6.07) is 5.90. The smallest absolute Gasteiger partial charge is 0.306 e. The van der Waals surface area contributed by atoms with Crippen molar-refractivity contribution in [2.45, 2.75) is 12.8 Å². The highest BCUT2D eigenvalue weighted by Gasteiger charge is 2.19. The summed E-state index contributed by atoms with van der Waals surface area (Å²) in [5, 5.41) is 10.2. The summed E-state index contributed by atoms with van der Waals surface area (Å²) in [5.41, 5.74) is 7.48. The molecule has 0 bridgehead atoms. The van der Waals surface area contributed by atoms with Gasteiger partial charge < -0.3 is 15.8 Å². The number of para-hydroxylation sites is 1. The van der Waals surface area contributed by atoms with E-state index in [1.165, 1.54) is 0 Å². The molecule has 1 atom stereocenters. The van der Waals surface area contributed by atoms with Crippen LogP contribution in [0, 0.1) is 5.92 Å². The van der Waals surface area contributed by atoms with E-state index in [-0.39, 0.29) is 0 Å². The number of rotatable bonds is 5. The number of hydrogen-bond acceptors (Lipinski definition) is 2. The van der Waals surface area contributed by atoms with Crippen LogP contribution in [0.3, 0.4) is 0 Å². The first-order valence-electron chi connectivity index (χ1n) is 5.81. The van der Waals surface area contributed by atoms with Crippen molar-refractivity contribution < 1.29 is 9.90 Å². The predicted molar refractivity (Wildman–Crippen MR) is 74.5 cm³/mol. The molecule has 0 aliphatic heterocycles. The Kier molecular flexibility index (Phi) is 4.04. The van der Waals surface area contributed by atoms with Gasteiger partial charge in [-0.05, 0) is 46.9 Å². The molecule has 1 aromatic carbocycles. The molecule has 0 amide bonds. The Balaban J connectivity index is 2.31. The molecule has 4 nitrogen and oxygen atoms in total. The molecule has 0 saturated heterocycles. The number of carboxylic acid groups (broad SMARTS) is 1. The minimum absolute atomic E-state index is 0.392. The van der Waals surface area contributed by atoms with Gasteiger partial charge in [0, 0.05) is 16.1 Å². The van der Waals surface area contributed by atoms with Gasteiger partial charge in [-0.15, -0.1) is 0 Å². The number of carboxylic acids is 1. The van der Waals surface area contributed by atoms with Gasteiger partial charge in [0.1, 0.15) is 0 Å². The SMILES string of the molecule is NCCC(Cc1c[nH]c2c(Br)cccc12)C(=O)O. The van der Waals surface area contributed by atoms with Crippen LogP contribution in [0.4, 0.5) is 0 Å². The Morgan fingerprint density at radius 2 is 2.28 bits per heavy atom. The normalized spacial score (nSPS) is 12.8. The van der Waals surface area contributed by atoms with Crippen LogP contribution in [0.5, 0.6) is 0 Å². The lowest BCUT2D eigenvalue weighted by molar-refractivity contribution is -0.141. The second-order valence-electron chi connectivity index (χ2n) is 4.29. The van der Waals surface area contributed by atoms with Gasteiger partial charge in [0.05, 0.1) is 11.4 Å². The van der Waals surface area contributed by atoms with E-state index in [9.17, 15) is 4.79 Å². The quantitative estimate of drug-likeness (QED) is 0.794. The van der Waals surface area contributed by atoms with Crippen LogP contribution in [0.15, 0.2) is 28.9 Å². The summed E-state index contributed by atoms with van der Waals surface area (Å²) in [4.78, 5) is 14.3. The summed E-state index contributed by atoms with van der Waals surface area (Å²) in [5.74, 6) is -1.21. The summed E-state index contributed by atoms with van der Waals surface area (Å²) >= 11 is 3.47. The van der Waals surface area contributed by atoms with E-state index in [0.29, 0.717) is 19.4 Å². The zero-order valence-electron chi connectivity index (χ0n) is 9.82. The van der Waals surface area contributed by atoms with Crippen LogP contribution in [0.2, 0.25) is 0 Å². The average molecular weight is 311 g/mol. The standard InChI is InChI=1S/C13H15BrN2O2/c14-11-3-1-2-10-9(7-16-12(10)11)6-8(4-5-15)13(17)18/h1-3,7-8,16H,4-6,15H2,(H,17,18). The fourth-order valence-electron chi connectivity index (χ4n) is 2.12. The third kappa shape index (κ3) is 2.57. The largest absolute Gasteiger partial charge is 0.481 e. The highest BCUT2D eigenvalue weighted by molar-refractivity contribution is 9.10. The van der Waals surface area contributed by atoms with Gasteiger partial charge in [-0.3, -0.25) is 4.79 Å². The van der Waals surface area contributed by atoms with E-state index in [0.717, 1.165) is 20.9 Å². The van der Waals surface area contributed by atoms with Crippen molar-refractivity contribution in [2.24, 2.45) is 11.7 Å². The second-order valence-corrected chi connectivity index (χ2v) is 5.15. The fourth-order valence-corrected chi connectivity index (χ4v) is 2.60. The molecular weight excluding hydrogens is 296 g/mol. The molecule has 5 heteroatoms. The van der Waals surface area contributed by atoms with E-state index >= 15 is 0 Å². The van der Waals surface area contributed by atoms with Crippen molar-refractivity contribution in [1.82, 2.24) is 4.98 Å². The minimum atomic E-state index is -0.787. The molecule has 0 aliphatic carbocycles. The van der Waals surface area contributed by atoms with Crippen LogP contribution >= 0.6 is 15.9 Å². The first-order chi connectivity index (χ1) is 8.63. The number of carbonyl (C=O) groups is 1. The highest BCUT2D eigenvalue weighted by Crippen LogP contribution is 2.27. The number of nitrogens with two attached hydrogens (primary N) is 1.